The van der Waals surface area contributed by atoms with Crippen LogP contribution in [0.15, 0.2) is 54.6 Å². The van der Waals surface area contributed by atoms with Crippen molar-refractivity contribution in [2.24, 2.45) is 0 Å². The fourth-order valence-corrected chi connectivity index (χ4v) is 3.21. The van der Waals surface area contributed by atoms with Crippen molar-refractivity contribution in [1.29, 1.82) is 0 Å². The number of nitrogens with one attached hydrogen (secondary N) is 1. The Hall–Kier alpha value is -2.17. The molecule has 132 valence electrons. The Bertz CT molecular complexity index is 679. The van der Waals surface area contributed by atoms with Crippen molar-refractivity contribution in [3.8, 4) is 0 Å². The molecule has 2 aromatic carbocycles. The van der Waals surface area contributed by atoms with Crippen LogP contribution < -0.4 is 5.32 Å². The van der Waals surface area contributed by atoms with Gasteiger partial charge in [-0.3, -0.25) is 14.6 Å². The van der Waals surface area contributed by atoms with Gasteiger partial charge in [-0.05, 0) is 23.6 Å². The standard InChI is InChI=1S/C21H27N3O/c1-18-7-5-6-10-20(18)15-22-21(25)17-24-13-11-23(12-14-24)16-19-8-3-2-4-9-19/h2-10H,11-17H2,1H3,(H,22,25). The summed E-state index contributed by atoms with van der Waals surface area (Å²) in [7, 11) is 0. The molecule has 0 atom stereocenters. The summed E-state index contributed by atoms with van der Waals surface area (Å²) < 4.78 is 0. The molecule has 1 N–H and O–H groups in total. The highest BCUT2D eigenvalue weighted by Crippen LogP contribution is 2.09. The van der Waals surface area contributed by atoms with E-state index in [1.165, 1.54) is 16.7 Å². The summed E-state index contributed by atoms with van der Waals surface area (Å²) in [5, 5.41) is 3.04. The molecule has 3 rings (SSSR count). The van der Waals surface area contributed by atoms with Gasteiger partial charge in [0.15, 0.2) is 0 Å². The molecular weight excluding hydrogens is 310 g/mol. The first kappa shape index (κ1) is 17.6. The van der Waals surface area contributed by atoms with Crippen molar-refractivity contribution >= 4 is 5.91 Å². The Balaban J connectivity index is 1.38. The van der Waals surface area contributed by atoms with Gasteiger partial charge in [0.05, 0.1) is 6.54 Å². The number of nitrogens with zero attached hydrogens (tertiary/aromatic N) is 2. The van der Waals surface area contributed by atoms with Gasteiger partial charge in [0.1, 0.15) is 0 Å². The smallest absolute Gasteiger partial charge is 0.234 e. The molecule has 1 fully saturated rings. The van der Waals surface area contributed by atoms with Gasteiger partial charge in [-0.25, -0.2) is 0 Å². The molecule has 1 saturated heterocycles. The highest BCUT2D eigenvalue weighted by atomic mass is 16.2. The number of rotatable bonds is 6. The highest BCUT2D eigenvalue weighted by molar-refractivity contribution is 5.78. The third-order valence-electron chi connectivity index (χ3n) is 4.82. The lowest BCUT2D eigenvalue weighted by Gasteiger charge is -2.34. The van der Waals surface area contributed by atoms with Gasteiger partial charge < -0.3 is 5.32 Å². The van der Waals surface area contributed by atoms with Crippen molar-refractivity contribution in [2.45, 2.75) is 20.0 Å². The second-order valence-electron chi connectivity index (χ2n) is 6.74. The first-order valence-electron chi connectivity index (χ1n) is 9.00. The van der Waals surface area contributed by atoms with E-state index in [2.05, 4.69) is 64.5 Å². The molecule has 1 amide bonds. The SMILES string of the molecule is Cc1ccccc1CNC(=O)CN1CCN(Cc2ccccc2)CC1. The minimum atomic E-state index is 0.111. The third-order valence-corrected chi connectivity index (χ3v) is 4.82. The van der Waals surface area contributed by atoms with Crippen molar-refractivity contribution in [3.05, 3.63) is 71.3 Å². The third kappa shape index (κ3) is 5.41. The van der Waals surface area contributed by atoms with Crippen LogP contribution in [0.2, 0.25) is 0 Å². The van der Waals surface area contributed by atoms with Crippen LogP contribution in [0.4, 0.5) is 0 Å². The van der Waals surface area contributed by atoms with Crippen LogP contribution in [0.1, 0.15) is 16.7 Å². The van der Waals surface area contributed by atoms with E-state index in [1.807, 2.05) is 12.1 Å². The number of aryl methyl sites for hydroxylation is 1. The van der Waals surface area contributed by atoms with E-state index in [4.69, 9.17) is 0 Å². The summed E-state index contributed by atoms with van der Waals surface area (Å²) in [4.78, 5) is 16.9. The molecule has 1 aliphatic heterocycles. The van der Waals surface area contributed by atoms with E-state index in [-0.39, 0.29) is 5.91 Å². The Kier molecular flexibility index (Phi) is 6.20. The molecule has 0 bridgehead atoms. The second-order valence-corrected chi connectivity index (χ2v) is 6.74. The van der Waals surface area contributed by atoms with E-state index in [1.54, 1.807) is 0 Å². The van der Waals surface area contributed by atoms with Gasteiger partial charge in [0, 0.05) is 39.3 Å². The Labute approximate surface area is 150 Å². The zero-order valence-corrected chi connectivity index (χ0v) is 14.9. The number of piperazine rings is 1. The summed E-state index contributed by atoms with van der Waals surface area (Å²) in [5.74, 6) is 0.111. The van der Waals surface area contributed by atoms with Gasteiger partial charge in [-0.15, -0.1) is 0 Å². The van der Waals surface area contributed by atoms with Crippen LogP contribution in [0.25, 0.3) is 0 Å². The van der Waals surface area contributed by atoms with Gasteiger partial charge >= 0.3 is 0 Å². The molecule has 0 radical (unpaired) electrons. The second kappa shape index (κ2) is 8.79. The minimum absolute atomic E-state index is 0.111. The molecule has 4 heteroatoms. The number of benzene rings is 2. The van der Waals surface area contributed by atoms with E-state index >= 15 is 0 Å². The molecule has 0 aliphatic carbocycles. The van der Waals surface area contributed by atoms with Crippen molar-refractivity contribution < 1.29 is 4.79 Å². The van der Waals surface area contributed by atoms with Gasteiger partial charge in [-0.2, -0.15) is 0 Å². The Morgan fingerprint density at radius 2 is 1.56 bits per heavy atom. The van der Waals surface area contributed by atoms with E-state index in [0.29, 0.717) is 13.1 Å². The van der Waals surface area contributed by atoms with Gasteiger partial charge in [0.25, 0.3) is 0 Å². The largest absolute Gasteiger partial charge is 0.351 e. The topological polar surface area (TPSA) is 35.6 Å². The number of hydrogen-bond donors (Lipinski definition) is 1. The van der Waals surface area contributed by atoms with E-state index in [0.717, 1.165) is 32.7 Å². The molecule has 25 heavy (non-hydrogen) atoms. The van der Waals surface area contributed by atoms with E-state index in [9.17, 15) is 4.79 Å². The van der Waals surface area contributed by atoms with Gasteiger partial charge in [-0.1, -0.05) is 54.6 Å². The zero-order chi connectivity index (χ0) is 17.5. The number of hydrogen-bond acceptors (Lipinski definition) is 3. The number of carbonyl (C=O) groups is 1. The fourth-order valence-electron chi connectivity index (χ4n) is 3.21. The lowest BCUT2D eigenvalue weighted by Crippen LogP contribution is -2.49. The summed E-state index contributed by atoms with van der Waals surface area (Å²) in [6.45, 7) is 8.10. The minimum Gasteiger partial charge on any atom is -0.351 e. The maximum atomic E-state index is 12.2. The summed E-state index contributed by atoms with van der Waals surface area (Å²) in [6.07, 6.45) is 0. The van der Waals surface area contributed by atoms with Crippen molar-refractivity contribution in [1.82, 2.24) is 15.1 Å². The van der Waals surface area contributed by atoms with Gasteiger partial charge in [0.2, 0.25) is 5.91 Å². The first-order chi connectivity index (χ1) is 12.2. The van der Waals surface area contributed by atoms with Crippen LogP contribution in [-0.4, -0.2) is 48.4 Å². The lowest BCUT2D eigenvalue weighted by molar-refractivity contribution is -0.122. The molecule has 1 heterocycles. The zero-order valence-electron chi connectivity index (χ0n) is 14.9. The highest BCUT2D eigenvalue weighted by Gasteiger charge is 2.18. The van der Waals surface area contributed by atoms with Crippen LogP contribution in [0.3, 0.4) is 0 Å². The molecule has 0 saturated carbocycles. The number of carbonyl (C=O) groups excluding carboxylic acids is 1. The molecule has 2 aromatic rings. The molecule has 0 unspecified atom stereocenters. The van der Waals surface area contributed by atoms with Crippen LogP contribution in [0.5, 0.6) is 0 Å². The van der Waals surface area contributed by atoms with Crippen LogP contribution in [-0.2, 0) is 17.9 Å². The van der Waals surface area contributed by atoms with E-state index < -0.39 is 0 Å². The Morgan fingerprint density at radius 1 is 0.920 bits per heavy atom. The average Bonchev–Trinajstić information content (AvgIpc) is 2.64. The summed E-state index contributed by atoms with van der Waals surface area (Å²) >= 11 is 0. The maximum absolute atomic E-state index is 12.2. The van der Waals surface area contributed by atoms with Crippen molar-refractivity contribution in [3.63, 3.8) is 0 Å². The molecule has 4 nitrogen and oxygen atoms in total. The Morgan fingerprint density at radius 3 is 2.28 bits per heavy atom. The monoisotopic (exact) mass is 337 g/mol. The average molecular weight is 337 g/mol. The fraction of sp³-hybridized carbons (Fsp3) is 0.381. The van der Waals surface area contributed by atoms with Crippen LogP contribution >= 0.6 is 0 Å². The molecule has 0 spiro atoms. The quantitative estimate of drug-likeness (QED) is 0.879. The molecule has 1 aliphatic rings. The van der Waals surface area contributed by atoms with Crippen LogP contribution in [0, 0.1) is 6.92 Å². The molecule has 0 aromatic heterocycles. The number of amides is 1. The lowest BCUT2D eigenvalue weighted by atomic mass is 10.1. The summed E-state index contributed by atoms with van der Waals surface area (Å²) in [6, 6.07) is 18.8. The predicted octanol–water partition coefficient (Wildman–Crippen LogP) is 2.43. The molecular formula is C21H27N3O. The maximum Gasteiger partial charge on any atom is 0.234 e. The predicted molar refractivity (Wildman–Crippen MR) is 101 cm³/mol. The summed E-state index contributed by atoms with van der Waals surface area (Å²) in [5.41, 5.74) is 3.76. The first-order valence-corrected chi connectivity index (χ1v) is 9.00. The van der Waals surface area contributed by atoms with Crippen molar-refractivity contribution in [2.75, 3.05) is 32.7 Å². The normalized spacial score (nSPS) is 15.9.